The molecule has 0 saturated carbocycles. The quantitative estimate of drug-likeness (QED) is 0.688. The van der Waals surface area contributed by atoms with Crippen LogP contribution in [0.25, 0.3) is 0 Å². The van der Waals surface area contributed by atoms with Crippen molar-refractivity contribution >= 4 is 0 Å². The summed E-state index contributed by atoms with van der Waals surface area (Å²) in [5, 5.41) is 9.77. The van der Waals surface area contributed by atoms with E-state index in [2.05, 4.69) is 32.0 Å². The van der Waals surface area contributed by atoms with Crippen molar-refractivity contribution in [1.29, 1.82) is 0 Å². The first kappa shape index (κ1) is 18.3. The fraction of sp³-hybridized carbons (Fsp3) is 0.455. The summed E-state index contributed by atoms with van der Waals surface area (Å²) >= 11 is 0. The third kappa shape index (κ3) is 4.43. The zero-order chi connectivity index (χ0) is 18.9. The lowest BCUT2D eigenvalue weighted by atomic mass is 9.77. The summed E-state index contributed by atoms with van der Waals surface area (Å²) in [7, 11) is 0. The third-order valence-electron chi connectivity index (χ3n) is 5.19. The Labute approximate surface area is 159 Å². The maximum absolute atomic E-state index is 9.77. The van der Waals surface area contributed by atoms with Crippen LogP contribution >= 0.6 is 0 Å². The van der Waals surface area contributed by atoms with Crippen molar-refractivity contribution in [1.82, 2.24) is 0 Å². The molecule has 144 valence electrons. The zero-order valence-electron chi connectivity index (χ0n) is 15.8. The van der Waals surface area contributed by atoms with Crippen LogP contribution < -0.4 is 9.47 Å². The van der Waals surface area contributed by atoms with E-state index in [0.29, 0.717) is 13.2 Å². The number of epoxide rings is 2. The van der Waals surface area contributed by atoms with Crippen LogP contribution in [-0.4, -0.2) is 43.7 Å². The first-order valence-corrected chi connectivity index (χ1v) is 9.40. The van der Waals surface area contributed by atoms with Gasteiger partial charge >= 0.3 is 0 Å². The average Bonchev–Trinajstić information content (AvgIpc) is 3.59. The largest absolute Gasteiger partial charge is 0.491 e. The molecule has 0 bridgehead atoms. The molecular formula is C22H26O5. The maximum atomic E-state index is 9.77. The van der Waals surface area contributed by atoms with Crippen LogP contribution in [0.2, 0.25) is 0 Å². The topological polar surface area (TPSA) is 63.8 Å². The molecule has 2 aromatic rings. The summed E-state index contributed by atoms with van der Waals surface area (Å²) in [5.41, 5.74) is 2.90. The van der Waals surface area contributed by atoms with Gasteiger partial charge in [0, 0.05) is 11.0 Å². The van der Waals surface area contributed by atoms with Crippen molar-refractivity contribution in [3.05, 3.63) is 59.2 Å². The Morgan fingerprint density at radius 1 is 0.926 bits per heavy atom. The van der Waals surface area contributed by atoms with E-state index < -0.39 is 0 Å². The Hall–Kier alpha value is -2.08. The van der Waals surface area contributed by atoms with Gasteiger partial charge in [-0.15, -0.1) is 0 Å². The first-order valence-electron chi connectivity index (χ1n) is 9.40. The summed E-state index contributed by atoms with van der Waals surface area (Å²) in [5.74, 6) is 1.57. The van der Waals surface area contributed by atoms with Crippen LogP contribution in [0.3, 0.4) is 0 Å². The number of rotatable bonds is 9. The van der Waals surface area contributed by atoms with Crippen molar-refractivity contribution in [3.8, 4) is 11.5 Å². The van der Waals surface area contributed by atoms with Crippen molar-refractivity contribution in [3.63, 3.8) is 0 Å². The molecule has 2 aliphatic rings. The molecular weight excluding hydrogens is 344 g/mol. The lowest BCUT2D eigenvalue weighted by molar-refractivity contribution is 0.243. The molecule has 2 aromatic carbocycles. The second-order valence-electron chi connectivity index (χ2n) is 7.66. The van der Waals surface area contributed by atoms with E-state index >= 15 is 0 Å². The van der Waals surface area contributed by atoms with E-state index in [-0.39, 0.29) is 24.2 Å². The fourth-order valence-electron chi connectivity index (χ4n) is 3.07. The Bertz CT molecular complexity index is 776. The Kier molecular flexibility index (Phi) is 5.08. The van der Waals surface area contributed by atoms with Gasteiger partial charge in [0.05, 0.1) is 19.8 Å². The maximum Gasteiger partial charge on any atom is 0.124 e. The minimum Gasteiger partial charge on any atom is -0.491 e. The van der Waals surface area contributed by atoms with Crippen LogP contribution in [0.1, 0.15) is 30.5 Å². The minimum atomic E-state index is -0.208. The minimum absolute atomic E-state index is 0.0548. The molecule has 0 spiro atoms. The molecule has 0 amide bonds. The molecule has 0 aromatic heterocycles. The molecule has 2 fully saturated rings. The van der Waals surface area contributed by atoms with Crippen molar-refractivity contribution in [2.75, 3.05) is 26.4 Å². The number of hydrogen-bond acceptors (Lipinski definition) is 5. The molecule has 2 unspecified atom stereocenters. The van der Waals surface area contributed by atoms with E-state index in [9.17, 15) is 5.11 Å². The number of benzene rings is 2. The van der Waals surface area contributed by atoms with E-state index in [4.69, 9.17) is 18.9 Å². The van der Waals surface area contributed by atoms with Gasteiger partial charge in [-0.1, -0.05) is 32.0 Å². The van der Waals surface area contributed by atoms with Crippen LogP contribution in [0.5, 0.6) is 11.5 Å². The van der Waals surface area contributed by atoms with Gasteiger partial charge in [0.15, 0.2) is 0 Å². The van der Waals surface area contributed by atoms with E-state index in [1.165, 1.54) is 5.56 Å². The summed E-state index contributed by atoms with van der Waals surface area (Å²) < 4.78 is 21.8. The van der Waals surface area contributed by atoms with Gasteiger partial charge < -0.3 is 24.1 Å². The van der Waals surface area contributed by atoms with Crippen LogP contribution in [0, 0.1) is 0 Å². The molecule has 5 nitrogen and oxygen atoms in total. The predicted molar refractivity (Wildman–Crippen MR) is 101 cm³/mol. The van der Waals surface area contributed by atoms with Gasteiger partial charge in [0.25, 0.3) is 0 Å². The third-order valence-corrected chi connectivity index (χ3v) is 5.19. The highest BCUT2D eigenvalue weighted by atomic mass is 16.6. The predicted octanol–water partition coefficient (Wildman–Crippen LogP) is 3.06. The first-order chi connectivity index (χ1) is 13.1. The molecule has 4 rings (SSSR count). The number of hydrogen-bond donors (Lipinski definition) is 1. The standard InChI is InChI=1S/C22H26O5/c1-22(2,16-3-6-18(7-4-16)24-11-19-12-25-19)17-5-8-21(15(9-17)10-23)27-14-20-13-26-20/h3-9,19-20,23H,10-14H2,1-2H3. The van der Waals surface area contributed by atoms with Crippen molar-refractivity contribution in [2.24, 2.45) is 0 Å². The average molecular weight is 370 g/mol. The van der Waals surface area contributed by atoms with Crippen LogP contribution in [0.15, 0.2) is 42.5 Å². The molecule has 27 heavy (non-hydrogen) atoms. The number of ether oxygens (including phenoxy) is 4. The second kappa shape index (κ2) is 7.50. The van der Waals surface area contributed by atoms with Gasteiger partial charge in [-0.25, -0.2) is 0 Å². The lowest BCUT2D eigenvalue weighted by Gasteiger charge is -2.27. The number of aliphatic hydroxyl groups excluding tert-OH is 1. The van der Waals surface area contributed by atoms with E-state index in [0.717, 1.165) is 35.8 Å². The van der Waals surface area contributed by atoms with Crippen LogP contribution in [0.4, 0.5) is 0 Å². The Morgan fingerprint density at radius 3 is 2.11 bits per heavy atom. The lowest BCUT2D eigenvalue weighted by Crippen LogP contribution is -2.19. The van der Waals surface area contributed by atoms with Gasteiger partial charge in [-0.3, -0.25) is 0 Å². The highest BCUT2D eigenvalue weighted by Gasteiger charge is 2.26. The van der Waals surface area contributed by atoms with Gasteiger partial charge in [0.2, 0.25) is 0 Å². The number of aliphatic hydroxyl groups is 1. The monoisotopic (exact) mass is 370 g/mol. The fourth-order valence-corrected chi connectivity index (χ4v) is 3.07. The van der Waals surface area contributed by atoms with Crippen molar-refractivity contribution < 1.29 is 24.1 Å². The smallest absolute Gasteiger partial charge is 0.124 e. The van der Waals surface area contributed by atoms with Gasteiger partial charge in [-0.2, -0.15) is 0 Å². The molecule has 2 saturated heterocycles. The molecule has 2 atom stereocenters. The normalized spacial score (nSPS) is 21.0. The molecule has 0 radical (unpaired) electrons. The zero-order valence-corrected chi connectivity index (χ0v) is 15.8. The summed E-state index contributed by atoms with van der Waals surface area (Å²) in [6.07, 6.45) is 0.449. The highest BCUT2D eigenvalue weighted by molar-refractivity contribution is 5.45. The summed E-state index contributed by atoms with van der Waals surface area (Å²) in [4.78, 5) is 0. The highest BCUT2D eigenvalue weighted by Crippen LogP contribution is 2.35. The molecule has 1 N–H and O–H groups in total. The van der Waals surface area contributed by atoms with Gasteiger partial charge in [-0.05, 0) is 35.4 Å². The Balaban J connectivity index is 1.49. The molecule has 5 heteroatoms. The summed E-state index contributed by atoms with van der Waals surface area (Å²) in [6.45, 7) is 6.99. The molecule has 2 aliphatic heterocycles. The molecule has 2 heterocycles. The Morgan fingerprint density at radius 2 is 1.52 bits per heavy atom. The molecule has 0 aliphatic carbocycles. The van der Waals surface area contributed by atoms with E-state index in [1.807, 2.05) is 24.3 Å². The van der Waals surface area contributed by atoms with E-state index in [1.54, 1.807) is 0 Å². The van der Waals surface area contributed by atoms with Crippen LogP contribution in [-0.2, 0) is 21.5 Å². The summed E-state index contributed by atoms with van der Waals surface area (Å²) in [6, 6.07) is 14.2. The van der Waals surface area contributed by atoms with Crippen molar-refractivity contribution in [2.45, 2.75) is 38.1 Å². The second-order valence-corrected chi connectivity index (χ2v) is 7.66. The SMILES string of the molecule is CC(C)(c1ccc(OCC2CO2)cc1)c1ccc(OCC2CO2)c(CO)c1. The van der Waals surface area contributed by atoms with Gasteiger partial charge in [0.1, 0.15) is 36.9 Å².